The molecule has 1 saturated carbocycles. The monoisotopic (exact) mass is 299 g/mol. The fraction of sp³-hybridized carbons (Fsp3) is 0.500. The summed E-state index contributed by atoms with van der Waals surface area (Å²) in [7, 11) is 0. The van der Waals surface area contributed by atoms with Crippen molar-refractivity contribution >= 4 is 10.9 Å². The van der Waals surface area contributed by atoms with Crippen LogP contribution in [0.1, 0.15) is 31.2 Å². The molecule has 1 fully saturated rings. The van der Waals surface area contributed by atoms with Crippen molar-refractivity contribution in [2.45, 2.75) is 44.0 Å². The van der Waals surface area contributed by atoms with Gasteiger partial charge in [-0.2, -0.15) is 18.3 Å². The molecule has 2 aromatic rings. The zero-order chi connectivity index (χ0) is 15.0. The highest BCUT2D eigenvalue weighted by Gasteiger charge is 2.37. The van der Waals surface area contributed by atoms with Gasteiger partial charge in [0.15, 0.2) is 0 Å². The predicted molar refractivity (Wildman–Crippen MR) is 72.0 cm³/mol. The maximum Gasteiger partial charge on any atom is 0.420 e. The van der Waals surface area contributed by atoms with Crippen LogP contribution >= 0.6 is 0 Å². The average Bonchev–Trinajstić information content (AvgIpc) is 2.87. The number of alkyl halides is 3. The lowest BCUT2D eigenvalue weighted by Crippen LogP contribution is -2.32. The number of H-pyrrole nitrogens is 1. The maximum absolute atomic E-state index is 13.3. The molecule has 0 bridgehead atoms. The van der Waals surface area contributed by atoms with Crippen LogP contribution in [0.2, 0.25) is 0 Å². The highest BCUT2D eigenvalue weighted by Crippen LogP contribution is 2.41. The van der Waals surface area contributed by atoms with Crippen LogP contribution in [0.25, 0.3) is 10.9 Å². The van der Waals surface area contributed by atoms with Gasteiger partial charge in [-0.1, -0.05) is 0 Å². The number of aromatic amines is 1. The van der Waals surface area contributed by atoms with Crippen LogP contribution in [0.4, 0.5) is 13.2 Å². The number of hydrogen-bond acceptors (Lipinski definition) is 3. The Bertz CT molecular complexity index is 630. The van der Waals surface area contributed by atoms with Crippen LogP contribution in [0.15, 0.2) is 18.3 Å². The molecular weight excluding hydrogens is 283 g/mol. The van der Waals surface area contributed by atoms with Gasteiger partial charge in [-0.15, -0.1) is 0 Å². The minimum atomic E-state index is -4.48. The Morgan fingerprint density at radius 2 is 1.90 bits per heavy atom. The number of ether oxygens (including phenoxy) is 1. The summed E-state index contributed by atoms with van der Waals surface area (Å²) in [5, 5.41) is 6.26. The zero-order valence-electron chi connectivity index (χ0n) is 11.3. The van der Waals surface area contributed by atoms with E-state index < -0.39 is 11.7 Å². The van der Waals surface area contributed by atoms with Gasteiger partial charge in [0.2, 0.25) is 0 Å². The van der Waals surface area contributed by atoms with Crippen molar-refractivity contribution in [1.82, 2.24) is 10.2 Å². The normalized spacial score (nSPS) is 23.4. The zero-order valence-corrected chi connectivity index (χ0v) is 11.3. The summed E-state index contributed by atoms with van der Waals surface area (Å²) >= 11 is 0. The molecule has 21 heavy (non-hydrogen) atoms. The van der Waals surface area contributed by atoms with E-state index in [9.17, 15) is 13.2 Å². The summed E-state index contributed by atoms with van der Waals surface area (Å²) in [6.45, 7) is 0. The number of nitrogens with two attached hydrogens (primary N) is 1. The molecule has 3 N–H and O–H groups in total. The average molecular weight is 299 g/mol. The summed E-state index contributed by atoms with van der Waals surface area (Å²) in [5.41, 5.74) is 5.39. The molecule has 0 radical (unpaired) electrons. The van der Waals surface area contributed by atoms with Gasteiger partial charge >= 0.3 is 6.18 Å². The molecule has 0 spiro atoms. The van der Waals surface area contributed by atoms with E-state index in [2.05, 4.69) is 10.2 Å². The van der Waals surface area contributed by atoms with E-state index in [0.717, 1.165) is 12.8 Å². The van der Waals surface area contributed by atoms with E-state index >= 15 is 0 Å². The number of fused-ring (bicyclic) bond motifs is 1. The number of benzene rings is 1. The number of aromatic nitrogens is 2. The van der Waals surface area contributed by atoms with Gasteiger partial charge in [-0.05, 0) is 37.8 Å². The third kappa shape index (κ3) is 2.83. The lowest BCUT2D eigenvalue weighted by molar-refractivity contribution is -0.138. The fourth-order valence-electron chi connectivity index (χ4n) is 2.77. The lowest BCUT2D eigenvalue weighted by atomic mass is 9.93. The minimum Gasteiger partial charge on any atom is -0.490 e. The molecule has 1 aromatic heterocycles. The summed E-state index contributed by atoms with van der Waals surface area (Å²) in [5.74, 6) is -0.128. The molecule has 1 aliphatic rings. The summed E-state index contributed by atoms with van der Waals surface area (Å²) < 4.78 is 45.6. The van der Waals surface area contributed by atoms with E-state index in [-0.39, 0.29) is 23.3 Å². The Kier molecular flexibility index (Phi) is 3.52. The molecule has 0 unspecified atom stereocenters. The van der Waals surface area contributed by atoms with Crippen molar-refractivity contribution in [3.05, 3.63) is 23.9 Å². The first kappa shape index (κ1) is 14.2. The topological polar surface area (TPSA) is 63.9 Å². The Balaban J connectivity index is 1.94. The van der Waals surface area contributed by atoms with Crippen LogP contribution in [0.3, 0.4) is 0 Å². The third-order valence-corrected chi connectivity index (χ3v) is 3.88. The Labute approximate surface area is 119 Å². The Hall–Kier alpha value is -1.76. The maximum atomic E-state index is 13.3. The first-order chi connectivity index (χ1) is 9.95. The first-order valence-electron chi connectivity index (χ1n) is 6.90. The smallest absolute Gasteiger partial charge is 0.420 e. The summed E-state index contributed by atoms with van der Waals surface area (Å²) in [6, 6.07) is 3.04. The molecule has 0 saturated heterocycles. The second-order valence-electron chi connectivity index (χ2n) is 5.42. The molecule has 1 aliphatic carbocycles. The quantitative estimate of drug-likeness (QED) is 0.895. The van der Waals surface area contributed by atoms with E-state index in [4.69, 9.17) is 10.5 Å². The molecular formula is C14H16F3N3O. The van der Waals surface area contributed by atoms with Crippen LogP contribution in [-0.2, 0) is 6.18 Å². The Morgan fingerprint density at radius 1 is 1.19 bits per heavy atom. The first-order valence-corrected chi connectivity index (χ1v) is 6.90. The molecule has 7 heteroatoms. The number of halogens is 3. The molecule has 0 amide bonds. The van der Waals surface area contributed by atoms with E-state index in [1.165, 1.54) is 12.3 Å². The number of hydrogen-bond donors (Lipinski definition) is 2. The van der Waals surface area contributed by atoms with Gasteiger partial charge < -0.3 is 10.5 Å². The van der Waals surface area contributed by atoms with Gasteiger partial charge in [0.05, 0.1) is 17.8 Å². The number of nitrogens with one attached hydrogen (secondary N) is 1. The molecule has 0 aliphatic heterocycles. The molecule has 4 nitrogen and oxygen atoms in total. The fourth-order valence-corrected chi connectivity index (χ4v) is 2.77. The Morgan fingerprint density at radius 3 is 2.57 bits per heavy atom. The minimum absolute atomic E-state index is 0.0347. The summed E-state index contributed by atoms with van der Waals surface area (Å²) in [6.07, 6.45) is -0.592. The van der Waals surface area contributed by atoms with Gasteiger partial charge in [0, 0.05) is 11.4 Å². The number of rotatable bonds is 2. The van der Waals surface area contributed by atoms with Crippen molar-refractivity contribution in [2.24, 2.45) is 5.73 Å². The lowest BCUT2D eigenvalue weighted by Gasteiger charge is -2.28. The van der Waals surface area contributed by atoms with Crippen LogP contribution < -0.4 is 10.5 Å². The molecule has 1 heterocycles. The highest BCUT2D eigenvalue weighted by molar-refractivity contribution is 5.84. The third-order valence-electron chi connectivity index (χ3n) is 3.88. The number of nitrogens with zero attached hydrogens (tertiary/aromatic N) is 1. The van der Waals surface area contributed by atoms with Gasteiger partial charge in [-0.3, -0.25) is 5.10 Å². The van der Waals surface area contributed by atoms with E-state index in [0.29, 0.717) is 18.4 Å². The molecule has 114 valence electrons. The van der Waals surface area contributed by atoms with Gasteiger partial charge in [0.25, 0.3) is 0 Å². The predicted octanol–water partition coefficient (Wildman–Crippen LogP) is 3.23. The summed E-state index contributed by atoms with van der Waals surface area (Å²) in [4.78, 5) is 0. The van der Waals surface area contributed by atoms with Gasteiger partial charge in [0.1, 0.15) is 11.3 Å². The van der Waals surface area contributed by atoms with E-state index in [1.54, 1.807) is 6.07 Å². The van der Waals surface area contributed by atoms with E-state index in [1.807, 2.05) is 0 Å². The SMILES string of the molecule is NC1CCC(Oc2ccc3[nH]ncc3c2C(F)(F)F)CC1. The second-order valence-corrected chi connectivity index (χ2v) is 5.42. The highest BCUT2D eigenvalue weighted by atomic mass is 19.4. The van der Waals surface area contributed by atoms with Crippen molar-refractivity contribution in [2.75, 3.05) is 0 Å². The van der Waals surface area contributed by atoms with Crippen molar-refractivity contribution in [1.29, 1.82) is 0 Å². The van der Waals surface area contributed by atoms with Gasteiger partial charge in [-0.25, -0.2) is 0 Å². The van der Waals surface area contributed by atoms with Crippen LogP contribution in [0.5, 0.6) is 5.75 Å². The standard InChI is InChI=1S/C14H16F3N3O/c15-14(16,17)13-10-7-19-20-11(10)5-6-12(13)21-9-3-1-8(18)2-4-9/h5-9H,1-4,18H2,(H,19,20). The van der Waals surface area contributed by atoms with Crippen LogP contribution in [-0.4, -0.2) is 22.3 Å². The molecule has 1 aromatic carbocycles. The second kappa shape index (κ2) is 5.22. The van der Waals surface area contributed by atoms with Crippen molar-refractivity contribution in [3.63, 3.8) is 0 Å². The molecule has 0 atom stereocenters. The molecule has 3 rings (SSSR count). The van der Waals surface area contributed by atoms with Crippen molar-refractivity contribution < 1.29 is 17.9 Å². The largest absolute Gasteiger partial charge is 0.490 e. The van der Waals surface area contributed by atoms with Crippen LogP contribution in [0, 0.1) is 0 Å². The van der Waals surface area contributed by atoms with Crippen molar-refractivity contribution in [3.8, 4) is 5.75 Å².